The molecule has 1 aliphatic carbocycles. The molecular formula is C24H20N2O3. The summed E-state index contributed by atoms with van der Waals surface area (Å²) in [6.07, 6.45) is 3.56. The van der Waals surface area contributed by atoms with E-state index in [1.807, 2.05) is 6.07 Å². The number of imide groups is 1. The van der Waals surface area contributed by atoms with Crippen molar-refractivity contribution in [1.82, 2.24) is 10.4 Å². The minimum Gasteiger partial charge on any atom is -0.276 e. The van der Waals surface area contributed by atoms with Gasteiger partial charge in [-0.15, -0.1) is 0 Å². The molecule has 0 saturated carbocycles. The van der Waals surface area contributed by atoms with Crippen LogP contribution in [0.2, 0.25) is 0 Å². The van der Waals surface area contributed by atoms with Crippen molar-refractivity contribution >= 4 is 28.3 Å². The molecule has 29 heavy (non-hydrogen) atoms. The van der Waals surface area contributed by atoms with E-state index >= 15 is 0 Å². The second kappa shape index (κ2) is 7.18. The standard InChI is InChI=1S/C24H20N2O3/c27-23-20-8-3-4-9-21(20)24(28)26(23)14-5-15-29-25-22-13-12-18-17-7-2-1-6-16(17)10-11-19(18)22/h1-4,6-11,13,25H,5,12,14-15H2. The molecule has 5 nitrogen and oxygen atoms in total. The monoisotopic (exact) mass is 384 g/mol. The van der Waals surface area contributed by atoms with Gasteiger partial charge in [-0.1, -0.05) is 54.6 Å². The van der Waals surface area contributed by atoms with E-state index in [-0.39, 0.29) is 11.8 Å². The zero-order valence-electron chi connectivity index (χ0n) is 15.9. The van der Waals surface area contributed by atoms with Crippen LogP contribution >= 0.6 is 0 Å². The van der Waals surface area contributed by atoms with Crippen LogP contribution in [0.4, 0.5) is 0 Å². The Morgan fingerprint density at radius 3 is 2.38 bits per heavy atom. The molecule has 0 atom stereocenters. The zero-order valence-corrected chi connectivity index (χ0v) is 15.9. The highest BCUT2D eigenvalue weighted by Gasteiger charge is 2.34. The average molecular weight is 384 g/mol. The molecule has 3 aromatic carbocycles. The fourth-order valence-electron chi connectivity index (χ4n) is 4.08. The number of carbonyl (C=O) groups is 2. The number of nitrogens with zero attached hydrogens (tertiary/aromatic N) is 1. The summed E-state index contributed by atoms with van der Waals surface area (Å²) in [6, 6.07) is 19.6. The Bertz CT molecular complexity index is 1130. The van der Waals surface area contributed by atoms with Crippen molar-refractivity contribution in [2.75, 3.05) is 13.2 Å². The summed E-state index contributed by atoms with van der Waals surface area (Å²) in [4.78, 5) is 31.7. The van der Waals surface area contributed by atoms with Crippen molar-refractivity contribution < 1.29 is 14.4 Å². The summed E-state index contributed by atoms with van der Waals surface area (Å²) in [5.41, 5.74) is 7.43. The lowest BCUT2D eigenvalue weighted by atomic mass is 10.00. The lowest BCUT2D eigenvalue weighted by molar-refractivity contribution is 0.0559. The van der Waals surface area contributed by atoms with Crippen molar-refractivity contribution in [2.24, 2.45) is 0 Å². The van der Waals surface area contributed by atoms with Crippen LogP contribution in [0.15, 0.2) is 66.7 Å². The molecule has 0 unspecified atom stereocenters. The Hall–Kier alpha value is -3.44. The van der Waals surface area contributed by atoms with Crippen molar-refractivity contribution in [3.05, 3.63) is 89.0 Å². The number of hydroxylamine groups is 1. The maximum Gasteiger partial charge on any atom is 0.261 e. The molecule has 3 aromatic rings. The Morgan fingerprint density at radius 2 is 1.59 bits per heavy atom. The molecule has 0 saturated heterocycles. The number of amides is 2. The number of fused-ring (bicyclic) bond motifs is 4. The third kappa shape index (κ3) is 3.00. The van der Waals surface area contributed by atoms with Gasteiger partial charge in [-0.25, -0.2) is 0 Å². The van der Waals surface area contributed by atoms with Crippen molar-refractivity contribution in [1.29, 1.82) is 0 Å². The van der Waals surface area contributed by atoms with Gasteiger partial charge in [0.2, 0.25) is 0 Å². The minimum absolute atomic E-state index is 0.224. The van der Waals surface area contributed by atoms with Crippen LogP contribution in [0.25, 0.3) is 16.5 Å². The summed E-state index contributed by atoms with van der Waals surface area (Å²) in [5.74, 6) is -0.448. The van der Waals surface area contributed by atoms with Crippen LogP contribution in [-0.4, -0.2) is 29.9 Å². The lowest BCUT2D eigenvalue weighted by Gasteiger charge is -2.14. The van der Waals surface area contributed by atoms with Crippen molar-refractivity contribution in [2.45, 2.75) is 12.8 Å². The largest absolute Gasteiger partial charge is 0.276 e. The maximum absolute atomic E-state index is 12.4. The minimum atomic E-state index is -0.224. The molecule has 2 amide bonds. The summed E-state index contributed by atoms with van der Waals surface area (Å²) in [7, 11) is 0. The molecule has 144 valence electrons. The second-order valence-electron chi connectivity index (χ2n) is 7.25. The van der Waals surface area contributed by atoms with Crippen LogP contribution in [-0.2, 0) is 11.3 Å². The molecule has 0 spiro atoms. The Kier molecular flexibility index (Phi) is 4.37. The van der Waals surface area contributed by atoms with Crippen LogP contribution in [0.5, 0.6) is 0 Å². The number of benzene rings is 3. The normalized spacial score (nSPS) is 14.9. The van der Waals surface area contributed by atoms with E-state index in [0.717, 1.165) is 17.7 Å². The number of rotatable bonds is 6. The third-order valence-electron chi connectivity index (χ3n) is 5.53. The van der Waals surface area contributed by atoms with Gasteiger partial charge in [0.05, 0.1) is 23.4 Å². The van der Waals surface area contributed by atoms with Crippen LogP contribution < -0.4 is 5.48 Å². The summed E-state index contributed by atoms with van der Waals surface area (Å²) < 4.78 is 0. The predicted octanol–water partition coefficient (Wildman–Crippen LogP) is 3.94. The average Bonchev–Trinajstić information content (AvgIpc) is 3.28. The Labute approximate surface area is 168 Å². The first-order chi connectivity index (χ1) is 14.2. The lowest BCUT2D eigenvalue weighted by Crippen LogP contribution is -2.31. The van der Waals surface area contributed by atoms with Gasteiger partial charge in [-0.3, -0.25) is 24.8 Å². The first kappa shape index (κ1) is 17.6. The van der Waals surface area contributed by atoms with E-state index in [1.54, 1.807) is 24.3 Å². The molecule has 2 aliphatic rings. The maximum atomic E-state index is 12.4. The summed E-state index contributed by atoms with van der Waals surface area (Å²) >= 11 is 0. The predicted molar refractivity (Wildman–Crippen MR) is 111 cm³/mol. The molecule has 5 heteroatoms. The van der Waals surface area contributed by atoms with Crippen LogP contribution in [0, 0.1) is 0 Å². The topological polar surface area (TPSA) is 58.6 Å². The molecule has 0 radical (unpaired) electrons. The van der Waals surface area contributed by atoms with Crippen LogP contribution in [0.3, 0.4) is 0 Å². The van der Waals surface area contributed by atoms with E-state index in [1.165, 1.54) is 21.2 Å². The SMILES string of the molecule is O=C1c2ccccc2C(=O)N1CCCONC1=CCc2c1ccc1ccccc21. The van der Waals surface area contributed by atoms with E-state index in [4.69, 9.17) is 4.84 Å². The van der Waals surface area contributed by atoms with Crippen LogP contribution in [0.1, 0.15) is 38.3 Å². The summed E-state index contributed by atoms with van der Waals surface area (Å²) in [6.45, 7) is 0.738. The van der Waals surface area contributed by atoms with Gasteiger partial charge >= 0.3 is 0 Å². The molecule has 0 aromatic heterocycles. The van der Waals surface area contributed by atoms with Gasteiger partial charge in [0.15, 0.2) is 0 Å². The number of hydrogen-bond acceptors (Lipinski definition) is 4. The number of nitrogens with one attached hydrogen (secondary N) is 1. The molecule has 5 rings (SSSR count). The highest BCUT2D eigenvalue weighted by molar-refractivity contribution is 6.21. The first-order valence-electron chi connectivity index (χ1n) is 9.78. The Morgan fingerprint density at radius 1 is 0.862 bits per heavy atom. The fourth-order valence-corrected chi connectivity index (χ4v) is 4.08. The molecule has 0 fully saturated rings. The Balaban J connectivity index is 1.16. The van der Waals surface area contributed by atoms with Gasteiger partial charge in [-0.05, 0) is 41.3 Å². The molecule has 1 N–H and O–H groups in total. The van der Waals surface area contributed by atoms with Gasteiger partial charge in [0, 0.05) is 12.1 Å². The van der Waals surface area contributed by atoms with E-state index in [2.05, 4.69) is 41.9 Å². The highest BCUT2D eigenvalue weighted by Crippen LogP contribution is 2.32. The number of carbonyl (C=O) groups excluding carboxylic acids is 2. The summed E-state index contributed by atoms with van der Waals surface area (Å²) in [5, 5.41) is 2.51. The van der Waals surface area contributed by atoms with E-state index in [0.29, 0.717) is 30.7 Å². The van der Waals surface area contributed by atoms with Crippen molar-refractivity contribution in [3.8, 4) is 0 Å². The van der Waals surface area contributed by atoms with Gasteiger partial charge in [0.1, 0.15) is 0 Å². The van der Waals surface area contributed by atoms with Gasteiger partial charge in [0.25, 0.3) is 11.8 Å². The third-order valence-corrected chi connectivity index (χ3v) is 5.53. The molecular weight excluding hydrogens is 364 g/mol. The molecule has 1 aliphatic heterocycles. The molecule has 0 bridgehead atoms. The number of hydrogen-bond donors (Lipinski definition) is 1. The van der Waals surface area contributed by atoms with E-state index in [9.17, 15) is 9.59 Å². The smallest absolute Gasteiger partial charge is 0.261 e. The molecule has 1 heterocycles. The van der Waals surface area contributed by atoms with Gasteiger partial charge < -0.3 is 0 Å². The zero-order chi connectivity index (χ0) is 19.8. The highest BCUT2D eigenvalue weighted by atomic mass is 16.6. The van der Waals surface area contributed by atoms with Gasteiger partial charge in [-0.2, -0.15) is 0 Å². The van der Waals surface area contributed by atoms with E-state index < -0.39 is 0 Å². The second-order valence-corrected chi connectivity index (χ2v) is 7.25. The fraction of sp³-hybridized carbons (Fsp3) is 0.167. The van der Waals surface area contributed by atoms with Crippen molar-refractivity contribution in [3.63, 3.8) is 0 Å². The number of allylic oxidation sites excluding steroid dienone is 1. The first-order valence-corrected chi connectivity index (χ1v) is 9.78. The quantitative estimate of drug-likeness (QED) is 0.397.